The van der Waals surface area contributed by atoms with Gasteiger partial charge in [-0.2, -0.15) is 0 Å². The molecule has 100 valence electrons. The molecule has 1 heterocycles. The minimum atomic E-state index is 1.08. The second-order valence-electron chi connectivity index (χ2n) is 5.14. The topological polar surface area (TPSA) is 4.93 Å². The fourth-order valence-electron chi connectivity index (χ4n) is 2.61. The molecule has 1 heteroatoms. The molecule has 0 N–H and O–H groups in total. The molecule has 0 unspecified atom stereocenters. The van der Waals surface area contributed by atoms with Gasteiger partial charge in [0.1, 0.15) is 0 Å². The fourth-order valence-corrected chi connectivity index (χ4v) is 2.61. The van der Waals surface area contributed by atoms with Crippen LogP contribution in [-0.4, -0.2) is 4.57 Å². The Morgan fingerprint density at radius 2 is 1.70 bits per heavy atom. The molecule has 1 aromatic heterocycles. The Kier molecular flexibility index (Phi) is 3.69. The first-order chi connectivity index (χ1) is 9.84. The highest BCUT2D eigenvalue weighted by atomic mass is 14.9. The van der Waals surface area contributed by atoms with Crippen molar-refractivity contribution < 1.29 is 0 Å². The maximum atomic E-state index is 2.27. The van der Waals surface area contributed by atoms with Crippen LogP contribution < -0.4 is 0 Å². The lowest BCUT2D eigenvalue weighted by molar-refractivity contribution is 0.967. The van der Waals surface area contributed by atoms with Crippen LogP contribution in [0.4, 0.5) is 0 Å². The Hall–Kier alpha value is -2.28. The number of para-hydroxylation sites is 1. The number of hydrogen-bond donors (Lipinski definition) is 0. The van der Waals surface area contributed by atoms with Crippen LogP contribution in [0.2, 0.25) is 0 Å². The zero-order chi connectivity index (χ0) is 13.8. The Morgan fingerprint density at radius 1 is 0.950 bits per heavy atom. The summed E-state index contributed by atoms with van der Waals surface area (Å²) in [5, 5.41) is 1.32. The molecule has 0 aliphatic carbocycles. The van der Waals surface area contributed by atoms with Gasteiger partial charge >= 0.3 is 0 Å². The summed E-state index contributed by atoms with van der Waals surface area (Å²) >= 11 is 0. The molecule has 0 saturated carbocycles. The second-order valence-corrected chi connectivity index (χ2v) is 5.14. The molecule has 0 fully saturated rings. The normalized spacial score (nSPS) is 11.4. The minimum absolute atomic E-state index is 1.08. The zero-order valence-electron chi connectivity index (χ0n) is 11.8. The average Bonchev–Trinajstić information content (AvgIpc) is 2.82. The molecule has 1 nitrogen and oxygen atoms in total. The first kappa shape index (κ1) is 12.7. The van der Waals surface area contributed by atoms with Gasteiger partial charge in [0.05, 0.1) is 0 Å². The molecule has 0 aliphatic heterocycles. The van der Waals surface area contributed by atoms with E-state index in [1.807, 2.05) is 0 Å². The largest absolute Gasteiger partial charge is 0.350 e. The van der Waals surface area contributed by atoms with Gasteiger partial charge in [-0.1, -0.05) is 60.7 Å². The average molecular weight is 261 g/mol. The first-order valence-electron chi connectivity index (χ1n) is 7.09. The first-order valence-corrected chi connectivity index (χ1v) is 7.09. The van der Waals surface area contributed by atoms with Gasteiger partial charge in [-0.3, -0.25) is 0 Å². The highest BCUT2D eigenvalue weighted by Crippen LogP contribution is 2.21. The van der Waals surface area contributed by atoms with Gasteiger partial charge in [-0.25, -0.2) is 0 Å². The molecule has 3 aromatic rings. The standard InChI is InChI=1S/C19H19N/c1-20-15-17(18-13-7-8-14-19(18)20)12-6-5-11-16-9-3-2-4-10-16/h2-4,6-10,12-15H,5,11H2,1H3. The minimum Gasteiger partial charge on any atom is -0.350 e. The number of hydrogen-bond acceptors (Lipinski definition) is 0. The molecule has 3 rings (SSSR count). The molecule has 0 atom stereocenters. The Labute approximate surface area is 120 Å². The van der Waals surface area contributed by atoms with Crippen molar-refractivity contribution in [3.63, 3.8) is 0 Å². The van der Waals surface area contributed by atoms with Crippen molar-refractivity contribution in [1.29, 1.82) is 0 Å². The lowest BCUT2D eigenvalue weighted by atomic mass is 10.1. The van der Waals surface area contributed by atoms with E-state index in [1.54, 1.807) is 0 Å². The molecule has 0 saturated heterocycles. The van der Waals surface area contributed by atoms with Crippen LogP contribution in [0.15, 0.2) is 66.9 Å². The SMILES string of the molecule is Cn1cc(C=CCCc2ccccc2)c2ccccc21. The Balaban J connectivity index is 1.72. The molecule has 0 aliphatic rings. The molecular weight excluding hydrogens is 242 g/mol. The van der Waals surface area contributed by atoms with Crippen molar-refractivity contribution in [3.05, 3.63) is 78.0 Å². The van der Waals surface area contributed by atoms with Gasteiger partial charge in [0.15, 0.2) is 0 Å². The third-order valence-electron chi connectivity index (χ3n) is 3.67. The van der Waals surface area contributed by atoms with Crippen molar-refractivity contribution in [2.75, 3.05) is 0 Å². The van der Waals surface area contributed by atoms with Crippen LogP contribution in [0.25, 0.3) is 17.0 Å². The quantitative estimate of drug-likeness (QED) is 0.634. The van der Waals surface area contributed by atoms with E-state index in [0.29, 0.717) is 0 Å². The maximum Gasteiger partial charge on any atom is 0.0483 e. The highest BCUT2D eigenvalue weighted by Gasteiger charge is 2.01. The van der Waals surface area contributed by atoms with Crippen LogP contribution in [0.1, 0.15) is 17.5 Å². The maximum absolute atomic E-state index is 2.27. The van der Waals surface area contributed by atoms with Gasteiger partial charge < -0.3 is 4.57 Å². The summed E-state index contributed by atoms with van der Waals surface area (Å²) in [6.45, 7) is 0. The van der Waals surface area contributed by atoms with Gasteiger partial charge in [-0.05, 0) is 30.0 Å². The van der Waals surface area contributed by atoms with Crippen LogP contribution in [0.3, 0.4) is 0 Å². The molecular formula is C19H19N. The van der Waals surface area contributed by atoms with E-state index in [-0.39, 0.29) is 0 Å². The van der Waals surface area contributed by atoms with Crippen molar-refractivity contribution in [2.45, 2.75) is 12.8 Å². The number of fused-ring (bicyclic) bond motifs is 1. The molecule has 0 radical (unpaired) electrons. The van der Waals surface area contributed by atoms with Crippen LogP contribution in [-0.2, 0) is 13.5 Å². The van der Waals surface area contributed by atoms with E-state index in [1.165, 1.54) is 22.0 Å². The molecule has 0 amide bonds. The van der Waals surface area contributed by atoms with E-state index < -0.39 is 0 Å². The lowest BCUT2D eigenvalue weighted by Crippen LogP contribution is -1.81. The van der Waals surface area contributed by atoms with E-state index in [0.717, 1.165) is 12.8 Å². The Morgan fingerprint density at radius 3 is 2.55 bits per heavy atom. The number of allylic oxidation sites excluding steroid dienone is 1. The predicted octanol–water partition coefficient (Wildman–Crippen LogP) is 4.82. The van der Waals surface area contributed by atoms with Gasteiger partial charge in [0, 0.05) is 24.1 Å². The van der Waals surface area contributed by atoms with Gasteiger partial charge in [0.2, 0.25) is 0 Å². The van der Waals surface area contributed by atoms with Crippen molar-refractivity contribution in [2.24, 2.45) is 7.05 Å². The second kappa shape index (κ2) is 5.79. The number of nitrogens with zero attached hydrogens (tertiary/aromatic N) is 1. The summed E-state index contributed by atoms with van der Waals surface area (Å²) < 4.78 is 2.19. The van der Waals surface area contributed by atoms with Crippen molar-refractivity contribution in [1.82, 2.24) is 4.57 Å². The Bertz CT molecular complexity index is 720. The zero-order valence-corrected chi connectivity index (χ0v) is 11.8. The van der Waals surface area contributed by atoms with Crippen LogP contribution in [0.5, 0.6) is 0 Å². The summed E-state index contributed by atoms with van der Waals surface area (Å²) in [5.74, 6) is 0. The summed E-state index contributed by atoms with van der Waals surface area (Å²) in [5.41, 5.74) is 3.99. The lowest BCUT2D eigenvalue weighted by Gasteiger charge is -1.96. The molecule has 2 aromatic carbocycles. The van der Waals surface area contributed by atoms with Gasteiger partial charge in [0.25, 0.3) is 0 Å². The van der Waals surface area contributed by atoms with Crippen LogP contribution in [0, 0.1) is 0 Å². The summed E-state index contributed by atoms with van der Waals surface area (Å²) in [6.07, 6.45) is 8.89. The smallest absolute Gasteiger partial charge is 0.0483 e. The van der Waals surface area contributed by atoms with Crippen molar-refractivity contribution >= 4 is 17.0 Å². The van der Waals surface area contributed by atoms with E-state index in [9.17, 15) is 0 Å². The fraction of sp³-hybridized carbons (Fsp3) is 0.158. The van der Waals surface area contributed by atoms with E-state index in [4.69, 9.17) is 0 Å². The molecule has 20 heavy (non-hydrogen) atoms. The number of aryl methyl sites for hydroxylation is 2. The van der Waals surface area contributed by atoms with Gasteiger partial charge in [-0.15, -0.1) is 0 Å². The predicted molar refractivity (Wildman–Crippen MR) is 86.7 cm³/mol. The molecule has 0 bridgehead atoms. The third-order valence-corrected chi connectivity index (χ3v) is 3.67. The summed E-state index contributed by atoms with van der Waals surface area (Å²) in [4.78, 5) is 0. The van der Waals surface area contributed by atoms with Crippen molar-refractivity contribution in [3.8, 4) is 0 Å². The number of rotatable bonds is 4. The highest BCUT2D eigenvalue weighted by molar-refractivity contribution is 5.89. The third kappa shape index (κ3) is 2.67. The van der Waals surface area contributed by atoms with E-state index >= 15 is 0 Å². The van der Waals surface area contributed by atoms with Crippen LogP contribution >= 0.6 is 0 Å². The number of aromatic nitrogens is 1. The summed E-state index contributed by atoms with van der Waals surface area (Å²) in [6, 6.07) is 19.2. The summed E-state index contributed by atoms with van der Waals surface area (Å²) in [7, 11) is 2.10. The van der Waals surface area contributed by atoms with E-state index in [2.05, 4.69) is 84.6 Å². The molecule has 0 spiro atoms. The monoisotopic (exact) mass is 261 g/mol. The number of benzene rings is 2.